The summed E-state index contributed by atoms with van der Waals surface area (Å²) in [6.45, 7) is 5.84. The van der Waals surface area contributed by atoms with Gasteiger partial charge in [-0.3, -0.25) is 4.79 Å². The maximum absolute atomic E-state index is 11.4. The molecule has 1 rings (SSSR count). The van der Waals surface area contributed by atoms with Crippen LogP contribution in [0.3, 0.4) is 0 Å². The van der Waals surface area contributed by atoms with Gasteiger partial charge in [0.25, 0.3) is 0 Å². The lowest BCUT2D eigenvalue weighted by Crippen LogP contribution is -2.44. The van der Waals surface area contributed by atoms with Crippen molar-refractivity contribution in [1.82, 2.24) is 5.32 Å². The van der Waals surface area contributed by atoms with Crippen LogP contribution in [-0.2, 0) is 4.79 Å². The Bertz CT molecular complexity index is 258. The number of nitrogens with one attached hydrogen (secondary N) is 1. The Labute approximate surface area is 77.3 Å². The molecule has 0 saturated heterocycles. The lowest BCUT2D eigenvalue weighted by molar-refractivity contribution is -0.122. The number of amides is 1. The summed E-state index contributed by atoms with van der Waals surface area (Å²) in [5.41, 5.74) is 0.818. The van der Waals surface area contributed by atoms with Gasteiger partial charge in [-0.05, 0) is 25.1 Å². The van der Waals surface area contributed by atoms with Crippen LogP contribution in [0.1, 0.15) is 20.8 Å². The van der Waals surface area contributed by atoms with Crippen molar-refractivity contribution in [1.29, 1.82) is 0 Å². The number of thiocarbonyl (C=S) groups is 1. The van der Waals surface area contributed by atoms with Crippen molar-refractivity contribution in [3.05, 3.63) is 0 Å². The quantitative estimate of drug-likeness (QED) is 0.621. The first kappa shape index (κ1) is 9.32. The van der Waals surface area contributed by atoms with Gasteiger partial charge in [0.1, 0.15) is 0 Å². The number of rotatable bonds is 1. The van der Waals surface area contributed by atoms with E-state index in [4.69, 9.17) is 12.2 Å². The van der Waals surface area contributed by atoms with Crippen LogP contribution < -0.4 is 5.32 Å². The number of carbonyl (C=O) groups is 1. The fourth-order valence-corrected chi connectivity index (χ4v) is 1.66. The van der Waals surface area contributed by atoms with E-state index in [-0.39, 0.29) is 22.9 Å². The highest BCUT2D eigenvalue weighted by Crippen LogP contribution is 2.16. The molecule has 1 heterocycles. The van der Waals surface area contributed by atoms with Crippen LogP contribution in [-0.4, -0.2) is 16.7 Å². The van der Waals surface area contributed by atoms with Crippen molar-refractivity contribution < 1.29 is 4.79 Å². The van der Waals surface area contributed by atoms with E-state index in [2.05, 4.69) is 10.3 Å². The fraction of sp³-hybridized carbons (Fsp3) is 0.625. The molecule has 66 valence electrons. The van der Waals surface area contributed by atoms with Crippen molar-refractivity contribution in [2.45, 2.75) is 20.8 Å². The minimum absolute atomic E-state index is 0.0255. The molecule has 1 aliphatic heterocycles. The molecule has 12 heavy (non-hydrogen) atoms. The maximum atomic E-state index is 11.4. The smallest absolute Gasteiger partial charge is 0.235 e. The zero-order chi connectivity index (χ0) is 9.30. The summed E-state index contributed by atoms with van der Waals surface area (Å²) in [6, 6.07) is 0. The van der Waals surface area contributed by atoms with Gasteiger partial charge >= 0.3 is 0 Å². The van der Waals surface area contributed by atoms with E-state index in [0.29, 0.717) is 0 Å². The highest BCUT2D eigenvalue weighted by atomic mass is 32.1. The Kier molecular flexibility index (Phi) is 2.57. The van der Waals surface area contributed by atoms with E-state index < -0.39 is 0 Å². The van der Waals surface area contributed by atoms with Crippen LogP contribution in [0.2, 0.25) is 0 Å². The van der Waals surface area contributed by atoms with Crippen LogP contribution in [0.4, 0.5) is 0 Å². The lowest BCUT2D eigenvalue weighted by Gasteiger charge is -2.23. The van der Waals surface area contributed by atoms with E-state index in [1.807, 2.05) is 20.8 Å². The summed E-state index contributed by atoms with van der Waals surface area (Å²) in [5.74, 6) is 0.135. The Morgan fingerprint density at radius 3 is 2.58 bits per heavy atom. The first-order valence-corrected chi connectivity index (χ1v) is 4.33. The van der Waals surface area contributed by atoms with Crippen LogP contribution in [0.5, 0.6) is 0 Å². The second-order valence-electron chi connectivity index (χ2n) is 3.27. The molecule has 0 aromatic carbocycles. The van der Waals surface area contributed by atoms with Gasteiger partial charge in [0.2, 0.25) is 5.91 Å². The average molecular weight is 184 g/mol. The van der Waals surface area contributed by atoms with Crippen LogP contribution in [0.25, 0.3) is 0 Å². The molecule has 1 amide bonds. The second kappa shape index (κ2) is 3.31. The van der Waals surface area contributed by atoms with Gasteiger partial charge in [-0.15, -0.1) is 0 Å². The third kappa shape index (κ3) is 1.69. The Balaban J connectivity index is 2.94. The minimum atomic E-state index is -0.114. The minimum Gasteiger partial charge on any atom is -0.301 e. The molecule has 0 unspecified atom stereocenters. The summed E-state index contributed by atoms with van der Waals surface area (Å²) in [6.07, 6.45) is 0. The van der Waals surface area contributed by atoms with Crippen molar-refractivity contribution in [2.24, 2.45) is 16.8 Å². The number of nitrogens with zero attached hydrogens (tertiary/aromatic N) is 1. The topological polar surface area (TPSA) is 41.5 Å². The molecule has 4 heteroatoms. The van der Waals surface area contributed by atoms with Gasteiger partial charge < -0.3 is 5.32 Å². The van der Waals surface area contributed by atoms with Crippen LogP contribution in [0, 0.1) is 11.8 Å². The lowest BCUT2D eigenvalue weighted by atomic mass is 9.90. The highest BCUT2D eigenvalue weighted by molar-refractivity contribution is 7.80. The van der Waals surface area contributed by atoms with Gasteiger partial charge in [0, 0.05) is 5.71 Å². The standard InChI is InChI=1S/C8H12N2OS/c1-4(2)6-5(3)9-8(12)10-7(6)11/h4,6H,1-3H3,(H,10,11,12)/t6-/m0/s1. The van der Waals surface area contributed by atoms with Gasteiger partial charge in [-0.1, -0.05) is 13.8 Å². The Morgan fingerprint density at radius 2 is 2.17 bits per heavy atom. The average Bonchev–Trinajstić information content (AvgIpc) is 1.82. The third-order valence-corrected chi connectivity index (χ3v) is 2.10. The molecule has 0 radical (unpaired) electrons. The second-order valence-corrected chi connectivity index (χ2v) is 3.66. The van der Waals surface area contributed by atoms with Gasteiger partial charge in [-0.2, -0.15) is 0 Å². The number of hydrogen-bond acceptors (Lipinski definition) is 2. The Hall–Kier alpha value is -0.770. The molecule has 3 nitrogen and oxygen atoms in total. The van der Waals surface area contributed by atoms with Gasteiger partial charge in [-0.25, -0.2) is 4.99 Å². The normalized spacial score (nSPS) is 24.0. The van der Waals surface area contributed by atoms with Gasteiger partial charge in [0.15, 0.2) is 5.11 Å². The molecule has 0 aromatic rings. The van der Waals surface area contributed by atoms with Crippen LogP contribution in [0.15, 0.2) is 4.99 Å². The molecule has 1 aliphatic rings. The first-order chi connectivity index (χ1) is 5.52. The molecular weight excluding hydrogens is 172 g/mol. The summed E-state index contributed by atoms with van der Waals surface area (Å²) in [4.78, 5) is 15.4. The molecule has 0 bridgehead atoms. The molecule has 1 N–H and O–H groups in total. The molecule has 0 spiro atoms. The third-order valence-electron chi connectivity index (χ3n) is 1.91. The van der Waals surface area contributed by atoms with Crippen molar-refractivity contribution in [3.8, 4) is 0 Å². The molecule has 0 aliphatic carbocycles. The predicted molar refractivity (Wildman–Crippen MR) is 52.2 cm³/mol. The van der Waals surface area contributed by atoms with Crippen molar-refractivity contribution >= 4 is 28.9 Å². The zero-order valence-electron chi connectivity index (χ0n) is 7.42. The molecular formula is C8H12N2OS. The molecule has 0 fully saturated rings. The van der Waals surface area contributed by atoms with E-state index in [1.54, 1.807) is 0 Å². The largest absolute Gasteiger partial charge is 0.301 e. The molecule has 1 atom stereocenters. The van der Waals surface area contributed by atoms with E-state index in [1.165, 1.54) is 0 Å². The maximum Gasteiger partial charge on any atom is 0.235 e. The summed E-state index contributed by atoms with van der Waals surface area (Å²) in [5, 5.41) is 2.83. The summed E-state index contributed by atoms with van der Waals surface area (Å²) in [7, 11) is 0. The number of hydrogen-bond donors (Lipinski definition) is 1. The fourth-order valence-electron chi connectivity index (χ4n) is 1.42. The van der Waals surface area contributed by atoms with Crippen LogP contribution >= 0.6 is 12.2 Å². The SMILES string of the molecule is CC1=NC(=S)NC(=O)[C@H]1C(C)C. The molecule has 0 saturated carbocycles. The first-order valence-electron chi connectivity index (χ1n) is 3.92. The Morgan fingerprint density at radius 1 is 1.58 bits per heavy atom. The van der Waals surface area contributed by atoms with E-state index in [0.717, 1.165) is 5.71 Å². The number of carbonyl (C=O) groups excluding carboxylic acids is 1. The predicted octanol–water partition coefficient (Wildman–Crippen LogP) is 1.13. The van der Waals surface area contributed by atoms with Gasteiger partial charge in [0.05, 0.1) is 5.92 Å². The summed E-state index contributed by atoms with van der Waals surface area (Å²) < 4.78 is 0. The van der Waals surface area contributed by atoms with E-state index in [9.17, 15) is 4.79 Å². The van der Waals surface area contributed by atoms with Crippen molar-refractivity contribution in [2.75, 3.05) is 0 Å². The van der Waals surface area contributed by atoms with Crippen molar-refractivity contribution in [3.63, 3.8) is 0 Å². The van der Waals surface area contributed by atoms with E-state index >= 15 is 0 Å². The highest BCUT2D eigenvalue weighted by Gasteiger charge is 2.29. The monoisotopic (exact) mass is 184 g/mol. The number of aliphatic imine (C=N–C) groups is 1. The summed E-state index contributed by atoms with van der Waals surface area (Å²) >= 11 is 4.78. The zero-order valence-corrected chi connectivity index (χ0v) is 8.23. The molecule has 0 aromatic heterocycles.